The van der Waals surface area contributed by atoms with E-state index in [1.165, 1.54) is 27.6 Å². The Morgan fingerprint density at radius 1 is 1.15 bits per heavy atom. The zero-order chi connectivity index (χ0) is 18.3. The van der Waals surface area contributed by atoms with Gasteiger partial charge in [-0.1, -0.05) is 34.1 Å². The van der Waals surface area contributed by atoms with E-state index in [0.717, 1.165) is 10.0 Å². The SMILES string of the molecule is O=C(C1=C(O)C(=O)N(c2nccs2)C1c1ccc(Br)cc1)c1cccs1. The fraction of sp³-hybridized carbons (Fsp3) is 0.0556. The quantitative estimate of drug-likeness (QED) is 0.586. The highest BCUT2D eigenvalue weighted by Gasteiger charge is 2.45. The summed E-state index contributed by atoms with van der Waals surface area (Å²) in [6.45, 7) is 0. The Labute approximate surface area is 165 Å². The van der Waals surface area contributed by atoms with E-state index in [1.54, 1.807) is 29.1 Å². The average Bonchev–Trinajstić information content (AvgIpc) is 3.38. The maximum absolute atomic E-state index is 13.0. The van der Waals surface area contributed by atoms with Gasteiger partial charge in [0.25, 0.3) is 5.91 Å². The first kappa shape index (κ1) is 17.1. The van der Waals surface area contributed by atoms with Gasteiger partial charge in [-0.15, -0.1) is 22.7 Å². The summed E-state index contributed by atoms with van der Waals surface area (Å²) in [6.07, 6.45) is 1.59. The molecule has 26 heavy (non-hydrogen) atoms. The molecule has 0 saturated heterocycles. The van der Waals surface area contributed by atoms with Gasteiger partial charge in [0.2, 0.25) is 5.78 Å². The minimum Gasteiger partial charge on any atom is -0.503 e. The average molecular weight is 447 g/mol. The lowest BCUT2D eigenvalue weighted by Crippen LogP contribution is -2.30. The summed E-state index contributed by atoms with van der Waals surface area (Å²) in [5, 5.41) is 14.5. The first-order valence-electron chi connectivity index (χ1n) is 7.58. The lowest BCUT2D eigenvalue weighted by Gasteiger charge is -2.24. The Hall–Kier alpha value is -2.29. The van der Waals surface area contributed by atoms with Crippen LogP contribution in [0, 0.1) is 0 Å². The number of thiazole rings is 1. The predicted molar refractivity (Wildman–Crippen MR) is 105 cm³/mol. The number of anilines is 1. The van der Waals surface area contributed by atoms with E-state index < -0.39 is 17.7 Å². The Morgan fingerprint density at radius 2 is 1.92 bits per heavy atom. The summed E-state index contributed by atoms with van der Waals surface area (Å²) >= 11 is 5.94. The van der Waals surface area contributed by atoms with Crippen molar-refractivity contribution in [2.45, 2.75) is 6.04 Å². The highest BCUT2D eigenvalue weighted by atomic mass is 79.9. The van der Waals surface area contributed by atoms with Crippen LogP contribution in [0.25, 0.3) is 0 Å². The van der Waals surface area contributed by atoms with Crippen molar-refractivity contribution < 1.29 is 14.7 Å². The lowest BCUT2D eigenvalue weighted by molar-refractivity contribution is -0.117. The normalized spacial score (nSPS) is 17.2. The fourth-order valence-corrected chi connectivity index (χ4v) is 4.48. The van der Waals surface area contributed by atoms with Gasteiger partial charge in [-0.3, -0.25) is 14.5 Å². The first-order valence-corrected chi connectivity index (χ1v) is 10.1. The van der Waals surface area contributed by atoms with Crippen LogP contribution >= 0.6 is 38.6 Å². The number of rotatable bonds is 4. The molecule has 3 heterocycles. The number of hydrogen-bond donors (Lipinski definition) is 1. The van der Waals surface area contributed by atoms with Crippen LogP contribution in [0.5, 0.6) is 0 Å². The molecule has 0 aliphatic carbocycles. The first-order chi connectivity index (χ1) is 12.6. The van der Waals surface area contributed by atoms with Crippen LogP contribution in [0.3, 0.4) is 0 Å². The second kappa shape index (κ2) is 6.79. The fourth-order valence-electron chi connectivity index (χ4n) is 2.87. The minimum atomic E-state index is -0.726. The van der Waals surface area contributed by atoms with Gasteiger partial charge in [0.05, 0.1) is 16.5 Å². The number of aliphatic hydroxyl groups excluding tert-OH is 1. The number of aromatic nitrogens is 1. The molecule has 3 aromatic rings. The van der Waals surface area contributed by atoms with Crippen molar-refractivity contribution >= 4 is 55.4 Å². The summed E-state index contributed by atoms with van der Waals surface area (Å²) < 4.78 is 0.880. The van der Waals surface area contributed by atoms with Crippen molar-refractivity contribution in [2.24, 2.45) is 0 Å². The number of ketones is 1. The molecule has 0 saturated carbocycles. The largest absolute Gasteiger partial charge is 0.503 e. The van der Waals surface area contributed by atoms with E-state index in [1.807, 2.05) is 24.3 Å². The summed E-state index contributed by atoms with van der Waals surface area (Å²) in [5.41, 5.74) is 0.802. The zero-order valence-corrected chi connectivity index (χ0v) is 16.3. The summed E-state index contributed by atoms with van der Waals surface area (Å²) in [4.78, 5) is 31.8. The highest BCUT2D eigenvalue weighted by molar-refractivity contribution is 9.10. The number of carbonyl (C=O) groups is 2. The number of aliphatic hydroxyl groups is 1. The van der Waals surface area contributed by atoms with E-state index in [2.05, 4.69) is 20.9 Å². The summed E-state index contributed by atoms with van der Waals surface area (Å²) in [5.74, 6) is -1.49. The zero-order valence-electron chi connectivity index (χ0n) is 13.1. The van der Waals surface area contributed by atoms with Crippen molar-refractivity contribution in [3.63, 3.8) is 0 Å². The number of Topliss-reactive ketones (excluding diaryl/α,β-unsaturated/α-hetero) is 1. The maximum atomic E-state index is 13.0. The molecule has 130 valence electrons. The molecule has 1 N–H and O–H groups in total. The molecular weight excluding hydrogens is 436 g/mol. The number of amides is 1. The molecule has 1 aliphatic heterocycles. The monoisotopic (exact) mass is 446 g/mol. The van der Waals surface area contributed by atoms with Crippen LogP contribution in [0.15, 0.2) is 69.2 Å². The summed E-state index contributed by atoms with van der Waals surface area (Å²) in [6, 6.07) is 10.0. The van der Waals surface area contributed by atoms with Gasteiger partial charge in [0.15, 0.2) is 10.9 Å². The van der Waals surface area contributed by atoms with Crippen LogP contribution in [0.1, 0.15) is 21.3 Å². The van der Waals surface area contributed by atoms with Crippen molar-refractivity contribution in [2.75, 3.05) is 4.90 Å². The highest BCUT2D eigenvalue weighted by Crippen LogP contribution is 2.42. The van der Waals surface area contributed by atoms with Crippen molar-refractivity contribution in [3.8, 4) is 0 Å². The second-order valence-corrected chi connectivity index (χ2v) is 8.25. The van der Waals surface area contributed by atoms with Crippen LogP contribution in [0.4, 0.5) is 5.13 Å². The standard InChI is InChI=1S/C18H11BrN2O3S2/c19-11-5-3-10(4-6-11)14-13(15(22)12-2-1-8-25-12)16(23)17(24)21(14)18-20-7-9-26-18/h1-9,14,23H. The third-order valence-corrected chi connectivity index (χ3v) is 6.18. The van der Waals surface area contributed by atoms with Gasteiger partial charge in [-0.2, -0.15) is 0 Å². The van der Waals surface area contributed by atoms with Gasteiger partial charge in [-0.25, -0.2) is 4.98 Å². The molecule has 1 atom stereocenters. The lowest BCUT2D eigenvalue weighted by atomic mass is 9.96. The topological polar surface area (TPSA) is 70.5 Å². The minimum absolute atomic E-state index is 0.0787. The van der Waals surface area contributed by atoms with Crippen molar-refractivity contribution in [3.05, 3.63) is 79.6 Å². The van der Waals surface area contributed by atoms with Gasteiger partial charge in [0, 0.05) is 16.0 Å². The number of hydrogen-bond acceptors (Lipinski definition) is 6. The van der Waals surface area contributed by atoms with Gasteiger partial charge >= 0.3 is 0 Å². The van der Waals surface area contributed by atoms with Crippen molar-refractivity contribution in [1.29, 1.82) is 0 Å². The summed E-state index contributed by atoms with van der Waals surface area (Å²) in [7, 11) is 0. The number of carbonyl (C=O) groups excluding carboxylic acids is 2. The third kappa shape index (κ3) is 2.80. The number of halogens is 1. The van der Waals surface area contributed by atoms with E-state index in [9.17, 15) is 14.7 Å². The van der Waals surface area contributed by atoms with E-state index >= 15 is 0 Å². The number of nitrogens with zero attached hydrogens (tertiary/aromatic N) is 2. The van der Waals surface area contributed by atoms with E-state index in [4.69, 9.17) is 0 Å². The van der Waals surface area contributed by atoms with Crippen LogP contribution in [0.2, 0.25) is 0 Å². The number of thiophene rings is 1. The molecule has 1 aliphatic rings. The molecule has 1 unspecified atom stereocenters. The molecule has 1 amide bonds. The van der Waals surface area contributed by atoms with Gasteiger partial charge in [0.1, 0.15) is 0 Å². The van der Waals surface area contributed by atoms with Crippen LogP contribution in [-0.4, -0.2) is 21.8 Å². The molecule has 0 radical (unpaired) electrons. The molecule has 0 spiro atoms. The molecular formula is C18H11BrN2O3S2. The van der Waals surface area contributed by atoms with E-state index in [0.29, 0.717) is 10.0 Å². The maximum Gasteiger partial charge on any atom is 0.296 e. The number of benzene rings is 1. The Balaban J connectivity index is 1.88. The molecule has 2 aromatic heterocycles. The molecule has 1 aromatic carbocycles. The molecule has 0 bridgehead atoms. The molecule has 5 nitrogen and oxygen atoms in total. The second-order valence-electron chi connectivity index (χ2n) is 5.51. The van der Waals surface area contributed by atoms with E-state index in [-0.39, 0.29) is 11.4 Å². The Morgan fingerprint density at radius 3 is 2.54 bits per heavy atom. The Bertz CT molecular complexity index is 996. The predicted octanol–water partition coefficient (Wildman–Crippen LogP) is 4.75. The molecule has 8 heteroatoms. The van der Waals surface area contributed by atoms with Gasteiger partial charge in [-0.05, 0) is 29.1 Å². The Kier molecular flexibility index (Phi) is 4.47. The van der Waals surface area contributed by atoms with Crippen molar-refractivity contribution in [1.82, 2.24) is 4.98 Å². The van der Waals surface area contributed by atoms with Gasteiger partial charge < -0.3 is 5.11 Å². The van der Waals surface area contributed by atoms with Crippen LogP contribution in [-0.2, 0) is 4.79 Å². The third-order valence-electron chi connectivity index (χ3n) is 4.01. The van der Waals surface area contributed by atoms with Crippen LogP contribution < -0.4 is 4.90 Å². The molecule has 4 rings (SSSR count). The smallest absolute Gasteiger partial charge is 0.296 e. The molecule has 0 fully saturated rings.